The van der Waals surface area contributed by atoms with Crippen molar-refractivity contribution in [1.82, 2.24) is 14.1 Å². The zero-order valence-corrected chi connectivity index (χ0v) is 19.1. The van der Waals surface area contributed by atoms with Crippen molar-refractivity contribution < 1.29 is 9.47 Å². The first-order valence-electron chi connectivity index (χ1n) is 10.4. The lowest BCUT2D eigenvalue weighted by molar-refractivity contribution is 0.395. The third kappa shape index (κ3) is 3.64. The van der Waals surface area contributed by atoms with Gasteiger partial charge in [0.15, 0.2) is 0 Å². The number of nitrogens with zero attached hydrogens (tertiary/aromatic N) is 4. The Labute approximate surface area is 177 Å². The molecule has 0 spiro atoms. The van der Waals surface area contributed by atoms with E-state index in [9.17, 15) is 4.79 Å². The lowest BCUT2D eigenvalue weighted by atomic mass is 9.99. The van der Waals surface area contributed by atoms with Gasteiger partial charge in [-0.1, -0.05) is 13.8 Å². The smallest absolute Gasteiger partial charge is 0.264 e. The van der Waals surface area contributed by atoms with Crippen molar-refractivity contribution in [2.45, 2.75) is 33.6 Å². The van der Waals surface area contributed by atoms with Crippen LogP contribution in [0.15, 0.2) is 23.1 Å². The monoisotopic (exact) mass is 412 g/mol. The standard InChI is InChI=1S/C23H32N4O3/c1-8-10-27(11-9-2)23-24-21-20(22(28)26(23)5)17(14-25(21)4)19-15(3)12-16(29-6)13-18(19)30-7/h12-14H,8-11H2,1-7H3. The summed E-state index contributed by atoms with van der Waals surface area (Å²) in [5.74, 6) is 2.10. The number of methoxy groups -OCH3 is 2. The van der Waals surface area contributed by atoms with Crippen molar-refractivity contribution >= 4 is 17.0 Å². The summed E-state index contributed by atoms with van der Waals surface area (Å²) in [6, 6.07) is 3.80. The molecule has 0 fully saturated rings. The van der Waals surface area contributed by atoms with Crippen LogP contribution in [0.3, 0.4) is 0 Å². The average molecular weight is 413 g/mol. The van der Waals surface area contributed by atoms with Gasteiger partial charge in [0, 0.05) is 50.6 Å². The number of aromatic nitrogens is 3. The molecule has 2 heterocycles. The minimum Gasteiger partial charge on any atom is -0.497 e. The highest BCUT2D eigenvalue weighted by molar-refractivity contribution is 5.97. The Bertz CT molecular complexity index is 1110. The molecule has 7 heteroatoms. The molecule has 0 radical (unpaired) electrons. The van der Waals surface area contributed by atoms with Gasteiger partial charge in [0.1, 0.15) is 17.1 Å². The summed E-state index contributed by atoms with van der Waals surface area (Å²) in [6.45, 7) is 8.00. The van der Waals surface area contributed by atoms with E-state index in [2.05, 4.69) is 18.7 Å². The summed E-state index contributed by atoms with van der Waals surface area (Å²) in [7, 11) is 6.99. The van der Waals surface area contributed by atoms with Crippen molar-refractivity contribution in [1.29, 1.82) is 0 Å². The van der Waals surface area contributed by atoms with E-state index in [1.165, 1.54) is 0 Å². The number of ether oxygens (including phenoxy) is 2. The SMILES string of the molecule is CCCN(CCC)c1nc2c(c(-c3c(C)cc(OC)cc3OC)cn2C)c(=O)n1C. The van der Waals surface area contributed by atoms with E-state index >= 15 is 0 Å². The molecule has 3 aromatic rings. The predicted molar refractivity (Wildman–Crippen MR) is 122 cm³/mol. The Morgan fingerprint density at radius 2 is 1.73 bits per heavy atom. The normalized spacial score (nSPS) is 11.2. The molecule has 0 N–H and O–H groups in total. The summed E-state index contributed by atoms with van der Waals surface area (Å²) in [5.41, 5.74) is 3.30. The summed E-state index contributed by atoms with van der Waals surface area (Å²) >= 11 is 0. The number of fused-ring (bicyclic) bond motifs is 1. The topological polar surface area (TPSA) is 61.5 Å². The summed E-state index contributed by atoms with van der Waals surface area (Å²) < 4.78 is 14.6. The molecule has 1 aromatic carbocycles. The van der Waals surface area contributed by atoms with E-state index in [1.54, 1.807) is 25.8 Å². The number of hydrogen-bond donors (Lipinski definition) is 0. The molecule has 0 bridgehead atoms. The quantitative estimate of drug-likeness (QED) is 0.562. The van der Waals surface area contributed by atoms with E-state index in [4.69, 9.17) is 14.5 Å². The van der Waals surface area contributed by atoms with Gasteiger partial charge in [0.25, 0.3) is 5.56 Å². The van der Waals surface area contributed by atoms with Gasteiger partial charge < -0.3 is 18.9 Å². The Kier molecular flexibility index (Phi) is 6.39. The minimum atomic E-state index is -0.0555. The number of anilines is 1. The molecule has 30 heavy (non-hydrogen) atoms. The molecule has 0 atom stereocenters. The zero-order chi connectivity index (χ0) is 22.0. The highest BCUT2D eigenvalue weighted by Gasteiger charge is 2.23. The predicted octanol–water partition coefficient (Wildman–Crippen LogP) is 3.89. The molecule has 0 aliphatic carbocycles. The van der Waals surface area contributed by atoms with Crippen LogP contribution in [-0.4, -0.2) is 41.4 Å². The first kappa shape index (κ1) is 21.7. The van der Waals surface area contributed by atoms with Crippen molar-refractivity contribution in [2.24, 2.45) is 14.1 Å². The molecule has 7 nitrogen and oxygen atoms in total. The molecular formula is C23H32N4O3. The van der Waals surface area contributed by atoms with Gasteiger partial charge in [-0.2, -0.15) is 4.98 Å². The molecule has 0 saturated carbocycles. The third-order valence-electron chi connectivity index (χ3n) is 5.44. The third-order valence-corrected chi connectivity index (χ3v) is 5.44. The summed E-state index contributed by atoms with van der Waals surface area (Å²) in [6.07, 6.45) is 3.95. The maximum absolute atomic E-state index is 13.5. The van der Waals surface area contributed by atoms with Gasteiger partial charge in [0.05, 0.1) is 19.6 Å². The van der Waals surface area contributed by atoms with E-state index in [-0.39, 0.29) is 5.56 Å². The number of benzene rings is 1. The Morgan fingerprint density at radius 1 is 1.07 bits per heavy atom. The van der Waals surface area contributed by atoms with Crippen molar-refractivity contribution in [3.63, 3.8) is 0 Å². The van der Waals surface area contributed by atoms with Gasteiger partial charge >= 0.3 is 0 Å². The Hall–Kier alpha value is -2.96. The number of rotatable bonds is 8. The fraction of sp³-hybridized carbons (Fsp3) is 0.478. The van der Waals surface area contributed by atoms with Crippen LogP contribution in [0.2, 0.25) is 0 Å². The van der Waals surface area contributed by atoms with Crippen LogP contribution in [0.5, 0.6) is 11.5 Å². The second-order valence-electron chi connectivity index (χ2n) is 7.64. The molecule has 0 aliphatic rings. The van der Waals surface area contributed by atoms with Crippen molar-refractivity contribution in [2.75, 3.05) is 32.2 Å². The van der Waals surface area contributed by atoms with Gasteiger partial charge in [-0.05, 0) is 31.4 Å². The maximum Gasteiger partial charge on any atom is 0.264 e. The first-order chi connectivity index (χ1) is 14.4. The average Bonchev–Trinajstić information content (AvgIpc) is 3.05. The van der Waals surface area contributed by atoms with E-state index in [1.807, 2.05) is 36.9 Å². The minimum absolute atomic E-state index is 0.0555. The fourth-order valence-corrected chi connectivity index (χ4v) is 4.06. The maximum atomic E-state index is 13.5. The largest absolute Gasteiger partial charge is 0.497 e. The molecule has 0 aliphatic heterocycles. The van der Waals surface area contributed by atoms with E-state index < -0.39 is 0 Å². The lowest BCUT2D eigenvalue weighted by Gasteiger charge is -2.24. The molecule has 0 saturated heterocycles. The van der Waals surface area contributed by atoms with E-state index in [0.29, 0.717) is 22.7 Å². The highest BCUT2D eigenvalue weighted by Crippen LogP contribution is 2.39. The highest BCUT2D eigenvalue weighted by atomic mass is 16.5. The van der Waals surface area contributed by atoms with Gasteiger partial charge in [-0.3, -0.25) is 9.36 Å². The van der Waals surface area contributed by atoms with Crippen molar-refractivity contribution in [3.8, 4) is 22.6 Å². The van der Waals surface area contributed by atoms with Crippen molar-refractivity contribution in [3.05, 3.63) is 34.2 Å². The lowest BCUT2D eigenvalue weighted by Crippen LogP contribution is -2.33. The van der Waals surface area contributed by atoms with Gasteiger partial charge in [-0.15, -0.1) is 0 Å². The van der Waals surface area contributed by atoms with Crippen LogP contribution in [0.1, 0.15) is 32.3 Å². The second kappa shape index (κ2) is 8.81. The number of aryl methyl sites for hydroxylation is 2. The summed E-state index contributed by atoms with van der Waals surface area (Å²) in [4.78, 5) is 20.6. The molecule has 0 unspecified atom stereocenters. The number of hydrogen-bond acceptors (Lipinski definition) is 5. The molecule has 0 amide bonds. The molecule has 162 valence electrons. The Balaban J connectivity index is 2.31. The Morgan fingerprint density at radius 3 is 2.30 bits per heavy atom. The summed E-state index contributed by atoms with van der Waals surface area (Å²) in [5, 5.41) is 0.600. The molecule has 3 rings (SSSR count). The van der Waals surface area contributed by atoms with Crippen LogP contribution in [0, 0.1) is 6.92 Å². The molecular weight excluding hydrogens is 380 g/mol. The second-order valence-corrected chi connectivity index (χ2v) is 7.64. The van der Waals surface area contributed by atoms with Crippen LogP contribution in [0.4, 0.5) is 5.95 Å². The van der Waals surface area contributed by atoms with Crippen LogP contribution >= 0.6 is 0 Å². The van der Waals surface area contributed by atoms with Crippen LogP contribution < -0.4 is 19.9 Å². The van der Waals surface area contributed by atoms with Gasteiger partial charge in [-0.25, -0.2) is 0 Å². The van der Waals surface area contributed by atoms with Crippen LogP contribution in [-0.2, 0) is 14.1 Å². The first-order valence-corrected chi connectivity index (χ1v) is 10.4. The van der Waals surface area contributed by atoms with Gasteiger partial charge in [0.2, 0.25) is 5.95 Å². The zero-order valence-electron chi connectivity index (χ0n) is 19.1. The fourth-order valence-electron chi connectivity index (χ4n) is 4.06. The van der Waals surface area contributed by atoms with E-state index in [0.717, 1.165) is 48.4 Å². The molecule has 2 aromatic heterocycles. The van der Waals surface area contributed by atoms with Crippen LogP contribution in [0.25, 0.3) is 22.2 Å².